The van der Waals surface area contributed by atoms with Gasteiger partial charge in [-0.15, -0.1) is 0 Å². The van der Waals surface area contributed by atoms with Crippen LogP contribution in [-0.2, 0) is 0 Å². The summed E-state index contributed by atoms with van der Waals surface area (Å²) in [5.41, 5.74) is 0.598. The molecule has 1 aromatic rings. The topological polar surface area (TPSA) is 48.7 Å². The number of nitrogens with zero attached hydrogens (tertiary/aromatic N) is 2. The van der Waals surface area contributed by atoms with Gasteiger partial charge in [-0.3, -0.25) is 0 Å². The van der Waals surface area contributed by atoms with E-state index < -0.39 is 0 Å². The average molecular weight is 207 g/mol. The molecule has 0 radical (unpaired) electrons. The van der Waals surface area contributed by atoms with Crippen LogP contribution in [0, 0.1) is 11.3 Å². The first-order valence-electron chi connectivity index (χ1n) is 5.47. The van der Waals surface area contributed by atoms with E-state index in [1.54, 1.807) is 12.3 Å². The zero-order chi connectivity index (χ0) is 11.5. The first kappa shape index (κ1) is 13.4. The molecule has 1 aromatic heterocycles. The molecule has 1 N–H and O–H groups in total. The van der Waals surface area contributed by atoms with Gasteiger partial charge in [-0.25, -0.2) is 4.98 Å². The molecule has 3 nitrogen and oxygen atoms in total. The minimum atomic E-state index is 0. The largest absolute Gasteiger partial charge is 0.370 e. The van der Waals surface area contributed by atoms with E-state index in [0.29, 0.717) is 5.56 Å². The maximum absolute atomic E-state index is 8.53. The highest BCUT2D eigenvalue weighted by Gasteiger charge is 1.92. The fraction of sp³-hybridized carbons (Fsp3) is 0.500. The highest BCUT2D eigenvalue weighted by molar-refractivity contribution is 5.38. The maximum Gasteiger partial charge on any atom is 0.125 e. The summed E-state index contributed by atoms with van der Waals surface area (Å²) in [6.07, 6.45) is 3.89. The van der Waals surface area contributed by atoms with Crippen LogP contribution in [0.25, 0.3) is 0 Å². The Hall–Kier alpha value is -1.56. The number of anilines is 1. The Bertz CT molecular complexity index is 290. The highest BCUT2D eigenvalue weighted by Crippen LogP contribution is 2.03. The van der Waals surface area contributed by atoms with Crippen molar-refractivity contribution in [2.24, 2.45) is 0 Å². The first-order chi connectivity index (χ1) is 7.36. The summed E-state index contributed by atoms with van der Waals surface area (Å²) in [6, 6.07) is 5.62. The normalized spacial score (nSPS) is 8.40. The summed E-state index contributed by atoms with van der Waals surface area (Å²) in [6.45, 7) is 7.09. The number of pyridine rings is 1. The standard InChI is InChI=1S/C10H13N3.C2H6.H2/c1-2-3-6-12-10-5-4-9(7-11)8-13-10;1-2;/h4-5,8H,2-3,6H2,1H3,(H,12,13);1-2H3;1H. The van der Waals surface area contributed by atoms with Crippen LogP contribution in [0.1, 0.15) is 40.6 Å². The molecule has 0 aromatic carbocycles. The molecule has 1 heterocycles. The Morgan fingerprint density at radius 2 is 2.20 bits per heavy atom. The second kappa shape index (κ2) is 9.01. The Morgan fingerprint density at radius 1 is 1.47 bits per heavy atom. The minimum Gasteiger partial charge on any atom is -0.370 e. The molecule has 3 heteroatoms. The van der Waals surface area contributed by atoms with Gasteiger partial charge in [0.05, 0.1) is 5.56 Å². The van der Waals surface area contributed by atoms with E-state index >= 15 is 0 Å². The van der Waals surface area contributed by atoms with Crippen molar-refractivity contribution in [2.75, 3.05) is 11.9 Å². The smallest absolute Gasteiger partial charge is 0.125 e. The van der Waals surface area contributed by atoms with Gasteiger partial charge in [0.1, 0.15) is 11.9 Å². The van der Waals surface area contributed by atoms with Gasteiger partial charge in [-0.2, -0.15) is 5.26 Å². The lowest BCUT2D eigenvalue weighted by molar-refractivity contribution is 0.831. The molecule has 0 atom stereocenters. The van der Waals surface area contributed by atoms with Crippen LogP contribution in [0.15, 0.2) is 18.3 Å². The van der Waals surface area contributed by atoms with Crippen LogP contribution in [0.5, 0.6) is 0 Å². The molecule has 0 unspecified atom stereocenters. The van der Waals surface area contributed by atoms with Gasteiger partial charge in [0.25, 0.3) is 0 Å². The maximum atomic E-state index is 8.53. The number of unbranched alkanes of at least 4 members (excludes halogenated alkanes) is 1. The predicted octanol–water partition coefficient (Wildman–Crippen LogP) is 3.44. The summed E-state index contributed by atoms with van der Waals surface area (Å²) < 4.78 is 0. The molecule has 15 heavy (non-hydrogen) atoms. The lowest BCUT2D eigenvalue weighted by Crippen LogP contribution is -2.02. The van der Waals surface area contributed by atoms with Crippen molar-refractivity contribution in [3.05, 3.63) is 23.9 Å². The van der Waals surface area contributed by atoms with Gasteiger partial charge in [-0.1, -0.05) is 27.2 Å². The van der Waals surface area contributed by atoms with E-state index in [2.05, 4.69) is 17.2 Å². The Kier molecular flexibility index (Phi) is 8.08. The SMILES string of the molecule is CC.CCCCNc1ccc(C#N)cn1.[HH]. The van der Waals surface area contributed by atoms with E-state index in [4.69, 9.17) is 5.26 Å². The molecule has 0 aliphatic carbocycles. The summed E-state index contributed by atoms with van der Waals surface area (Å²) in [5, 5.41) is 11.7. The van der Waals surface area contributed by atoms with Gasteiger partial charge in [-0.05, 0) is 18.6 Å². The van der Waals surface area contributed by atoms with E-state index in [-0.39, 0.29) is 1.43 Å². The van der Waals surface area contributed by atoms with Crippen LogP contribution in [0.2, 0.25) is 0 Å². The zero-order valence-electron chi connectivity index (χ0n) is 9.75. The van der Waals surface area contributed by atoms with Crippen molar-refractivity contribution >= 4 is 5.82 Å². The third kappa shape index (κ3) is 5.69. The van der Waals surface area contributed by atoms with Crippen molar-refractivity contribution in [3.63, 3.8) is 0 Å². The molecule has 0 saturated heterocycles. The fourth-order valence-electron chi connectivity index (χ4n) is 0.958. The first-order valence-corrected chi connectivity index (χ1v) is 5.47. The van der Waals surface area contributed by atoms with Crippen LogP contribution in [0.3, 0.4) is 0 Å². The van der Waals surface area contributed by atoms with Crippen LogP contribution < -0.4 is 5.32 Å². The fourth-order valence-corrected chi connectivity index (χ4v) is 0.958. The third-order valence-electron chi connectivity index (χ3n) is 1.73. The van der Waals surface area contributed by atoms with E-state index in [1.807, 2.05) is 26.0 Å². The molecule has 84 valence electrons. The number of aromatic nitrogens is 1. The Morgan fingerprint density at radius 3 is 2.67 bits per heavy atom. The van der Waals surface area contributed by atoms with Crippen LogP contribution in [-0.4, -0.2) is 11.5 Å². The summed E-state index contributed by atoms with van der Waals surface area (Å²) >= 11 is 0. The number of rotatable bonds is 4. The second-order valence-electron chi connectivity index (χ2n) is 2.82. The Labute approximate surface area is 93.6 Å². The van der Waals surface area contributed by atoms with E-state index in [9.17, 15) is 0 Å². The summed E-state index contributed by atoms with van der Waals surface area (Å²) in [4.78, 5) is 4.09. The molecule has 0 fully saturated rings. The number of hydrogen-bond donors (Lipinski definition) is 1. The lowest BCUT2D eigenvalue weighted by atomic mass is 10.3. The summed E-state index contributed by atoms with van der Waals surface area (Å²) in [5.74, 6) is 0.840. The molecule has 1 rings (SSSR count). The third-order valence-corrected chi connectivity index (χ3v) is 1.73. The van der Waals surface area contributed by atoms with Crippen LogP contribution in [0.4, 0.5) is 5.82 Å². The van der Waals surface area contributed by atoms with Gasteiger partial charge in [0, 0.05) is 14.2 Å². The van der Waals surface area contributed by atoms with Gasteiger partial charge in [0.2, 0.25) is 0 Å². The highest BCUT2D eigenvalue weighted by atomic mass is 15.0. The van der Waals surface area contributed by atoms with Gasteiger partial charge >= 0.3 is 0 Å². The number of nitriles is 1. The van der Waals surface area contributed by atoms with E-state index in [0.717, 1.165) is 18.8 Å². The van der Waals surface area contributed by atoms with Crippen molar-refractivity contribution in [1.29, 1.82) is 5.26 Å². The molecular formula is C12H21N3. The molecular weight excluding hydrogens is 186 g/mol. The van der Waals surface area contributed by atoms with Crippen molar-refractivity contribution in [2.45, 2.75) is 33.6 Å². The van der Waals surface area contributed by atoms with Crippen molar-refractivity contribution in [3.8, 4) is 6.07 Å². The minimum absolute atomic E-state index is 0. The van der Waals surface area contributed by atoms with Crippen LogP contribution >= 0.6 is 0 Å². The molecule has 0 aliphatic heterocycles. The number of hydrogen-bond acceptors (Lipinski definition) is 3. The molecule has 0 bridgehead atoms. The lowest BCUT2D eigenvalue weighted by Gasteiger charge is -2.02. The second-order valence-corrected chi connectivity index (χ2v) is 2.82. The quantitative estimate of drug-likeness (QED) is 0.769. The molecule has 0 aliphatic rings. The molecule has 0 saturated carbocycles. The van der Waals surface area contributed by atoms with Gasteiger partial charge in [0.15, 0.2) is 0 Å². The summed E-state index contributed by atoms with van der Waals surface area (Å²) in [7, 11) is 0. The van der Waals surface area contributed by atoms with E-state index in [1.165, 1.54) is 6.42 Å². The molecule has 0 spiro atoms. The monoisotopic (exact) mass is 207 g/mol. The number of nitrogens with one attached hydrogen (secondary N) is 1. The van der Waals surface area contributed by atoms with Crippen molar-refractivity contribution in [1.82, 2.24) is 4.98 Å². The Balaban J connectivity index is 0. The van der Waals surface area contributed by atoms with Crippen molar-refractivity contribution < 1.29 is 1.43 Å². The zero-order valence-corrected chi connectivity index (χ0v) is 9.75. The average Bonchev–Trinajstić information content (AvgIpc) is 2.33. The molecule has 0 amide bonds. The van der Waals surface area contributed by atoms with Gasteiger partial charge < -0.3 is 5.32 Å². The predicted molar refractivity (Wildman–Crippen MR) is 65.8 cm³/mol.